The number of hydrogen-bond acceptors (Lipinski definition) is 2. The normalized spacial score (nSPS) is 18.5. The van der Waals surface area contributed by atoms with Gasteiger partial charge in [-0.05, 0) is 29.8 Å². The second-order valence-corrected chi connectivity index (χ2v) is 8.09. The van der Waals surface area contributed by atoms with Gasteiger partial charge in [0.05, 0.1) is 5.70 Å². The molecule has 1 unspecified atom stereocenters. The number of Topliss-reactive ketones (excluding diaryl/α,β-unsaturated/α-hetero) is 1. The topological polar surface area (TPSA) is 37.4 Å². The van der Waals surface area contributed by atoms with Crippen molar-refractivity contribution in [3.63, 3.8) is 0 Å². The molecule has 2 aromatic rings. The lowest BCUT2D eigenvalue weighted by Gasteiger charge is -2.39. The van der Waals surface area contributed by atoms with Crippen LogP contribution >= 0.6 is 23.2 Å². The lowest BCUT2D eigenvalue weighted by molar-refractivity contribution is -0.127. The third-order valence-electron chi connectivity index (χ3n) is 4.31. The molecular formula is C21H19Cl2NO2. The second kappa shape index (κ2) is 6.90. The fourth-order valence-electron chi connectivity index (χ4n) is 3.14. The Hall–Kier alpha value is -2.10. The fourth-order valence-corrected chi connectivity index (χ4v) is 3.75. The first kappa shape index (κ1) is 18.7. The molecule has 0 spiro atoms. The van der Waals surface area contributed by atoms with Gasteiger partial charge in [0, 0.05) is 16.1 Å². The zero-order valence-electron chi connectivity index (χ0n) is 14.8. The Morgan fingerprint density at radius 3 is 2.00 bits per heavy atom. The summed E-state index contributed by atoms with van der Waals surface area (Å²) in [6, 6.07) is 15.9. The van der Waals surface area contributed by atoms with Crippen LogP contribution in [-0.2, 0) is 9.59 Å². The Kier molecular flexibility index (Phi) is 4.96. The quantitative estimate of drug-likeness (QED) is 0.634. The van der Waals surface area contributed by atoms with Gasteiger partial charge in [-0.3, -0.25) is 14.5 Å². The second-order valence-electron chi connectivity index (χ2n) is 7.27. The number of carbonyl (C=O) groups excluding carboxylic acids is 2. The maximum atomic E-state index is 13.4. The van der Waals surface area contributed by atoms with Crippen LogP contribution in [0.15, 0.2) is 65.3 Å². The summed E-state index contributed by atoms with van der Waals surface area (Å²) in [7, 11) is 0. The van der Waals surface area contributed by atoms with Crippen molar-refractivity contribution < 1.29 is 9.59 Å². The predicted octanol–water partition coefficient (Wildman–Crippen LogP) is 5.54. The molecular weight excluding hydrogens is 369 g/mol. The zero-order chi connectivity index (χ0) is 19.1. The summed E-state index contributed by atoms with van der Waals surface area (Å²) in [4.78, 5) is 27.9. The third-order valence-corrected chi connectivity index (χ3v) is 4.92. The van der Waals surface area contributed by atoms with Gasteiger partial charge in [0.1, 0.15) is 11.0 Å². The van der Waals surface area contributed by atoms with Gasteiger partial charge in [-0.2, -0.15) is 0 Å². The van der Waals surface area contributed by atoms with Crippen molar-refractivity contribution in [3.05, 3.63) is 75.9 Å². The molecule has 3 nitrogen and oxygen atoms in total. The van der Waals surface area contributed by atoms with Crippen LogP contribution in [0, 0.1) is 5.41 Å². The first-order valence-corrected chi connectivity index (χ1v) is 9.06. The predicted molar refractivity (Wildman–Crippen MR) is 105 cm³/mol. The molecule has 0 saturated heterocycles. The lowest BCUT2D eigenvalue weighted by Crippen LogP contribution is -2.46. The van der Waals surface area contributed by atoms with Crippen molar-refractivity contribution in [1.82, 2.24) is 0 Å². The van der Waals surface area contributed by atoms with E-state index in [9.17, 15) is 9.59 Å². The van der Waals surface area contributed by atoms with Crippen molar-refractivity contribution >= 4 is 40.6 Å². The van der Waals surface area contributed by atoms with Crippen molar-refractivity contribution in [2.24, 2.45) is 5.41 Å². The van der Waals surface area contributed by atoms with E-state index in [1.807, 2.05) is 26.8 Å². The fraction of sp³-hybridized carbons (Fsp3) is 0.238. The van der Waals surface area contributed by atoms with E-state index in [-0.39, 0.29) is 16.7 Å². The van der Waals surface area contributed by atoms with Gasteiger partial charge in [-0.25, -0.2) is 0 Å². The molecule has 0 fully saturated rings. The molecule has 0 bridgehead atoms. The molecule has 134 valence electrons. The number of hydrogen-bond donors (Lipinski definition) is 0. The molecule has 5 heteroatoms. The van der Waals surface area contributed by atoms with Crippen LogP contribution in [0.5, 0.6) is 0 Å². The van der Waals surface area contributed by atoms with Gasteiger partial charge >= 0.3 is 0 Å². The smallest absolute Gasteiger partial charge is 0.246 e. The molecule has 0 saturated carbocycles. The number of nitrogens with zero attached hydrogens (tertiary/aromatic N) is 1. The van der Waals surface area contributed by atoms with E-state index in [0.717, 1.165) is 0 Å². The van der Waals surface area contributed by atoms with Gasteiger partial charge in [0.15, 0.2) is 5.78 Å². The highest BCUT2D eigenvalue weighted by Crippen LogP contribution is 2.43. The van der Waals surface area contributed by atoms with Crippen molar-refractivity contribution in [2.75, 3.05) is 4.90 Å². The number of halogens is 2. The average molecular weight is 388 g/mol. The van der Waals surface area contributed by atoms with E-state index in [1.54, 1.807) is 53.4 Å². The third kappa shape index (κ3) is 3.29. The van der Waals surface area contributed by atoms with Crippen molar-refractivity contribution in [2.45, 2.75) is 26.7 Å². The summed E-state index contributed by atoms with van der Waals surface area (Å²) in [5.74, 6) is -1.62. The number of allylic oxidation sites excluding steroid dienone is 2. The minimum atomic E-state index is -0.953. The first-order chi connectivity index (χ1) is 12.2. The Balaban J connectivity index is 2.22. The molecule has 2 aromatic carbocycles. The average Bonchev–Trinajstić information content (AvgIpc) is 2.59. The number of ketones is 1. The number of carbonyl (C=O) groups is 2. The molecule has 0 N–H and O–H groups in total. The van der Waals surface area contributed by atoms with E-state index >= 15 is 0 Å². The van der Waals surface area contributed by atoms with Crippen LogP contribution in [0.3, 0.4) is 0 Å². The molecule has 0 radical (unpaired) electrons. The molecule has 1 aliphatic rings. The van der Waals surface area contributed by atoms with Crippen LogP contribution in [0.25, 0.3) is 0 Å². The molecule has 1 amide bonds. The van der Waals surface area contributed by atoms with E-state index in [2.05, 4.69) is 0 Å². The largest absolute Gasteiger partial charge is 0.292 e. The maximum Gasteiger partial charge on any atom is 0.246 e. The molecule has 1 heterocycles. The highest BCUT2D eigenvalue weighted by atomic mass is 35.5. The van der Waals surface area contributed by atoms with Gasteiger partial charge in [-0.15, -0.1) is 0 Å². The van der Waals surface area contributed by atoms with E-state index in [1.165, 1.54) is 0 Å². The minimum absolute atomic E-state index is 0.0981. The summed E-state index contributed by atoms with van der Waals surface area (Å²) in [5, 5.41) is 0.669. The molecule has 1 aliphatic heterocycles. The molecule has 0 aliphatic carbocycles. The number of amides is 1. The Morgan fingerprint density at radius 1 is 0.885 bits per heavy atom. The van der Waals surface area contributed by atoms with E-state index in [0.29, 0.717) is 22.0 Å². The van der Waals surface area contributed by atoms with E-state index in [4.69, 9.17) is 23.2 Å². The molecule has 26 heavy (non-hydrogen) atoms. The molecule has 3 rings (SSSR count). The highest BCUT2D eigenvalue weighted by Gasteiger charge is 2.45. The summed E-state index contributed by atoms with van der Waals surface area (Å²) in [6.45, 7) is 5.78. The van der Waals surface area contributed by atoms with Crippen molar-refractivity contribution in [1.29, 1.82) is 0 Å². The number of rotatable bonds is 2. The van der Waals surface area contributed by atoms with Crippen LogP contribution in [0.2, 0.25) is 5.02 Å². The lowest BCUT2D eigenvalue weighted by atomic mass is 9.82. The number of benzene rings is 2. The SMILES string of the molecule is CC(C)(C)C1=C(Cl)C(=O)C(c2ccccc2)C(=O)N1c1ccc(Cl)cc1. The van der Waals surface area contributed by atoms with Gasteiger partial charge in [-0.1, -0.05) is 74.3 Å². The van der Waals surface area contributed by atoms with Crippen LogP contribution < -0.4 is 4.90 Å². The van der Waals surface area contributed by atoms with Crippen LogP contribution in [0.1, 0.15) is 32.3 Å². The van der Waals surface area contributed by atoms with Crippen LogP contribution in [0.4, 0.5) is 5.69 Å². The Labute approximate surface area is 163 Å². The van der Waals surface area contributed by atoms with Gasteiger partial charge in [0.2, 0.25) is 5.91 Å². The Bertz CT molecular complexity index is 880. The molecule has 0 aromatic heterocycles. The van der Waals surface area contributed by atoms with Gasteiger partial charge < -0.3 is 0 Å². The monoisotopic (exact) mass is 387 g/mol. The zero-order valence-corrected chi connectivity index (χ0v) is 16.3. The summed E-state index contributed by atoms with van der Waals surface area (Å²) in [6.07, 6.45) is 0. The van der Waals surface area contributed by atoms with E-state index < -0.39 is 11.3 Å². The van der Waals surface area contributed by atoms with Crippen LogP contribution in [-0.4, -0.2) is 11.7 Å². The minimum Gasteiger partial charge on any atom is -0.292 e. The first-order valence-electron chi connectivity index (χ1n) is 8.31. The van der Waals surface area contributed by atoms with Gasteiger partial charge in [0.25, 0.3) is 0 Å². The van der Waals surface area contributed by atoms with Crippen molar-refractivity contribution in [3.8, 4) is 0 Å². The maximum absolute atomic E-state index is 13.4. The summed E-state index contributed by atoms with van der Waals surface area (Å²) < 4.78 is 0. The Morgan fingerprint density at radius 2 is 1.46 bits per heavy atom. The number of anilines is 1. The standard InChI is InChI=1S/C21H19Cl2NO2/c1-21(2,3)19-17(23)18(25)16(13-7-5-4-6-8-13)20(26)24(19)15-11-9-14(22)10-12-15/h4-12,16H,1-3H3. The highest BCUT2D eigenvalue weighted by molar-refractivity contribution is 6.47. The summed E-state index contributed by atoms with van der Waals surface area (Å²) >= 11 is 12.5. The summed E-state index contributed by atoms with van der Waals surface area (Å²) in [5.41, 5.74) is 1.27. The molecule has 1 atom stereocenters.